The van der Waals surface area contributed by atoms with E-state index < -0.39 is 0 Å². The van der Waals surface area contributed by atoms with E-state index in [1.165, 1.54) is 44.2 Å². The predicted molar refractivity (Wildman–Crippen MR) is 83.7 cm³/mol. The normalized spacial score (nSPS) is 20.9. The molecule has 0 spiro atoms. The van der Waals surface area contributed by atoms with Gasteiger partial charge in [0.05, 0.1) is 11.7 Å². The van der Waals surface area contributed by atoms with Crippen molar-refractivity contribution in [2.24, 2.45) is 7.05 Å². The van der Waals surface area contributed by atoms with Crippen LogP contribution >= 0.6 is 0 Å². The average molecular weight is 278 g/mol. The SMILES string of the molecule is CCNC(c1ccn(C)n1)C1(N(C)C)CCCCCC1. The zero-order valence-corrected chi connectivity index (χ0v) is 13.5. The lowest BCUT2D eigenvalue weighted by molar-refractivity contribution is 0.0786. The summed E-state index contributed by atoms with van der Waals surface area (Å²) in [5, 5.41) is 8.40. The van der Waals surface area contributed by atoms with Crippen LogP contribution in [-0.4, -0.2) is 40.9 Å². The van der Waals surface area contributed by atoms with Crippen LogP contribution in [0.4, 0.5) is 0 Å². The van der Waals surface area contributed by atoms with E-state index in [2.05, 4.69) is 43.5 Å². The van der Waals surface area contributed by atoms with Gasteiger partial charge in [-0.2, -0.15) is 5.10 Å². The summed E-state index contributed by atoms with van der Waals surface area (Å²) in [5.41, 5.74) is 1.38. The third-order valence-corrected chi connectivity index (χ3v) is 4.84. The van der Waals surface area contributed by atoms with Gasteiger partial charge in [0.2, 0.25) is 0 Å². The number of rotatable bonds is 5. The summed E-state index contributed by atoms with van der Waals surface area (Å²) in [4.78, 5) is 2.44. The summed E-state index contributed by atoms with van der Waals surface area (Å²) >= 11 is 0. The Kier molecular flexibility index (Phi) is 5.22. The lowest BCUT2D eigenvalue weighted by Crippen LogP contribution is -2.53. The lowest BCUT2D eigenvalue weighted by atomic mass is 9.79. The summed E-state index contributed by atoms with van der Waals surface area (Å²) in [6, 6.07) is 2.49. The van der Waals surface area contributed by atoms with Gasteiger partial charge in [0, 0.05) is 18.8 Å². The average Bonchev–Trinajstić information content (AvgIpc) is 2.70. The smallest absolute Gasteiger partial charge is 0.0812 e. The Labute approximate surface area is 123 Å². The van der Waals surface area contributed by atoms with E-state index in [1.807, 2.05) is 11.7 Å². The van der Waals surface area contributed by atoms with Crippen molar-refractivity contribution in [3.63, 3.8) is 0 Å². The van der Waals surface area contributed by atoms with Crippen molar-refractivity contribution in [1.29, 1.82) is 0 Å². The van der Waals surface area contributed by atoms with Gasteiger partial charge in [-0.05, 0) is 39.5 Å². The number of hydrogen-bond acceptors (Lipinski definition) is 3. The van der Waals surface area contributed by atoms with Crippen LogP contribution in [0.2, 0.25) is 0 Å². The maximum atomic E-state index is 4.69. The topological polar surface area (TPSA) is 33.1 Å². The van der Waals surface area contributed by atoms with Gasteiger partial charge in [-0.15, -0.1) is 0 Å². The Morgan fingerprint density at radius 3 is 2.40 bits per heavy atom. The van der Waals surface area contributed by atoms with Crippen molar-refractivity contribution in [1.82, 2.24) is 20.0 Å². The number of aromatic nitrogens is 2. The molecule has 2 rings (SSSR count). The molecule has 1 atom stereocenters. The first kappa shape index (κ1) is 15.5. The first-order valence-corrected chi connectivity index (χ1v) is 8.00. The van der Waals surface area contributed by atoms with Gasteiger partial charge in [-0.25, -0.2) is 0 Å². The second-order valence-electron chi connectivity index (χ2n) is 6.32. The molecule has 0 aromatic carbocycles. The van der Waals surface area contributed by atoms with Crippen LogP contribution in [0.1, 0.15) is 57.2 Å². The molecule has 0 amide bonds. The van der Waals surface area contributed by atoms with Gasteiger partial charge < -0.3 is 10.2 Å². The van der Waals surface area contributed by atoms with Gasteiger partial charge in [-0.1, -0.05) is 32.6 Å². The third-order valence-electron chi connectivity index (χ3n) is 4.84. The van der Waals surface area contributed by atoms with Gasteiger partial charge >= 0.3 is 0 Å². The summed E-state index contributed by atoms with van der Waals surface area (Å²) in [7, 11) is 6.47. The molecule has 4 nitrogen and oxygen atoms in total. The molecule has 1 saturated carbocycles. The summed E-state index contributed by atoms with van der Waals surface area (Å²) in [5.74, 6) is 0. The van der Waals surface area contributed by atoms with Crippen molar-refractivity contribution in [2.45, 2.75) is 57.0 Å². The fraction of sp³-hybridized carbons (Fsp3) is 0.812. The number of hydrogen-bond donors (Lipinski definition) is 1. The lowest BCUT2D eigenvalue weighted by Gasteiger charge is -2.45. The van der Waals surface area contributed by atoms with Crippen LogP contribution in [0.5, 0.6) is 0 Å². The van der Waals surface area contributed by atoms with Crippen molar-refractivity contribution >= 4 is 0 Å². The van der Waals surface area contributed by atoms with Crippen molar-refractivity contribution in [3.8, 4) is 0 Å². The quantitative estimate of drug-likeness (QED) is 0.841. The van der Waals surface area contributed by atoms with E-state index in [9.17, 15) is 0 Å². The molecule has 1 aliphatic rings. The Hall–Kier alpha value is -0.870. The number of likely N-dealkylation sites (N-methyl/N-ethyl adjacent to an activating group) is 2. The van der Waals surface area contributed by atoms with Crippen molar-refractivity contribution in [2.75, 3.05) is 20.6 Å². The monoisotopic (exact) mass is 278 g/mol. The van der Waals surface area contributed by atoms with E-state index in [0.717, 1.165) is 6.54 Å². The van der Waals surface area contributed by atoms with Gasteiger partial charge in [-0.3, -0.25) is 4.68 Å². The molecule has 1 aliphatic carbocycles. The molecule has 1 fully saturated rings. The first-order chi connectivity index (χ1) is 9.60. The van der Waals surface area contributed by atoms with Crippen molar-refractivity contribution < 1.29 is 0 Å². The maximum Gasteiger partial charge on any atom is 0.0812 e. The second-order valence-corrected chi connectivity index (χ2v) is 6.32. The van der Waals surface area contributed by atoms with E-state index in [0.29, 0.717) is 6.04 Å². The Balaban J connectivity index is 2.35. The highest BCUT2D eigenvalue weighted by Crippen LogP contribution is 2.40. The third kappa shape index (κ3) is 3.07. The van der Waals surface area contributed by atoms with Crippen LogP contribution in [0.15, 0.2) is 12.3 Å². The van der Waals surface area contributed by atoms with Crippen LogP contribution < -0.4 is 5.32 Å². The van der Waals surface area contributed by atoms with Crippen LogP contribution in [0.25, 0.3) is 0 Å². The molecule has 1 N–H and O–H groups in total. The van der Waals surface area contributed by atoms with Crippen LogP contribution in [-0.2, 0) is 7.05 Å². The first-order valence-electron chi connectivity index (χ1n) is 8.00. The highest BCUT2D eigenvalue weighted by Gasteiger charge is 2.42. The molecule has 1 aromatic heterocycles. The highest BCUT2D eigenvalue weighted by molar-refractivity contribution is 5.15. The van der Waals surface area contributed by atoms with Gasteiger partial charge in [0.15, 0.2) is 0 Å². The van der Waals surface area contributed by atoms with E-state index in [-0.39, 0.29) is 5.54 Å². The minimum Gasteiger partial charge on any atom is -0.307 e. The highest BCUT2D eigenvalue weighted by atomic mass is 15.3. The van der Waals surface area contributed by atoms with Crippen LogP contribution in [0, 0.1) is 0 Å². The molecule has 0 saturated heterocycles. The fourth-order valence-corrected chi connectivity index (χ4v) is 3.70. The molecule has 1 aromatic rings. The summed E-state index contributed by atoms with van der Waals surface area (Å²) in [6.45, 7) is 3.17. The Morgan fingerprint density at radius 1 is 1.30 bits per heavy atom. The Bertz CT molecular complexity index is 402. The minimum atomic E-state index is 0.195. The number of nitrogens with zero attached hydrogens (tertiary/aromatic N) is 3. The standard InChI is InChI=1S/C16H30N4/c1-5-17-15(14-10-13-20(4)18-14)16(19(2)3)11-8-6-7-9-12-16/h10,13,15,17H,5-9,11-12H2,1-4H3. The molecule has 114 valence electrons. The molecule has 0 aliphatic heterocycles. The molecule has 0 bridgehead atoms. The molecule has 1 heterocycles. The predicted octanol–water partition coefficient (Wildman–Crippen LogP) is 2.73. The van der Waals surface area contributed by atoms with E-state index >= 15 is 0 Å². The Morgan fingerprint density at radius 2 is 1.95 bits per heavy atom. The molecular weight excluding hydrogens is 248 g/mol. The molecule has 4 heteroatoms. The maximum absolute atomic E-state index is 4.69. The van der Waals surface area contributed by atoms with Gasteiger partial charge in [0.1, 0.15) is 0 Å². The molecule has 20 heavy (non-hydrogen) atoms. The van der Waals surface area contributed by atoms with Crippen LogP contribution in [0.3, 0.4) is 0 Å². The summed E-state index contributed by atoms with van der Waals surface area (Å²) in [6.07, 6.45) is 9.97. The van der Waals surface area contributed by atoms with Gasteiger partial charge in [0.25, 0.3) is 0 Å². The van der Waals surface area contributed by atoms with Crippen molar-refractivity contribution in [3.05, 3.63) is 18.0 Å². The van der Waals surface area contributed by atoms with E-state index in [1.54, 1.807) is 0 Å². The molecular formula is C16H30N4. The minimum absolute atomic E-state index is 0.195. The zero-order chi connectivity index (χ0) is 14.6. The number of nitrogens with one attached hydrogen (secondary N) is 1. The largest absolute Gasteiger partial charge is 0.307 e. The summed E-state index contributed by atoms with van der Waals surface area (Å²) < 4.78 is 1.92. The zero-order valence-electron chi connectivity index (χ0n) is 13.5. The van der Waals surface area contributed by atoms with E-state index in [4.69, 9.17) is 5.10 Å². The molecule has 0 radical (unpaired) electrons. The fourth-order valence-electron chi connectivity index (χ4n) is 3.70. The molecule has 1 unspecified atom stereocenters. The second kappa shape index (κ2) is 6.72. The number of aryl methyl sites for hydroxylation is 1.